The van der Waals surface area contributed by atoms with E-state index >= 15 is 0 Å². The summed E-state index contributed by atoms with van der Waals surface area (Å²) >= 11 is 0. The average molecular weight is 261 g/mol. The standard InChI is InChI=1S/C18H31N/c1-6-7-8-13-19(5)15-17-11-9-16(10-12-17)14-18(2,3)4/h9-12H,6-8,13-15H2,1-5H3. The van der Waals surface area contributed by atoms with Crippen molar-refractivity contribution in [3.05, 3.63) is 35.4 Å². The third-order valence-corrected chi connectivity index (χ3v) is 3.35. The highest BCUT2D eigenvalue weighted by atomic mass is 15.1. The molecule has 0 saturated heterocycles. The van der Waals surface area contributed by atoms with Crippen LogP contribution >= 0.6 is 0 Å². The van der Waals surface area contributed by atoms with Gasteiger partial charge in [-0.3, -0.25) is 0 Å². The first kappa shape index (κ1) is 16.2. The van der Waals surface area contributed by atoms with Crippen molar-refractivity contribution in [2.45, 2.75) is 59.9 Å². The van der Waals surface area contributed by atoms with E-state index in [1.165, 1.54) is 36.9 Å². The molecule has 0 unspecified atom stereocenters. The van der Waals surface area contributed by atoms with E-state index in [0.29, 0.717) is 5.41 Å². The first-order valence-electron chi connectivity index (χ1n) is 7.67. The van der Waals surface area contributed by atoms with E-state index in [1.54, 1.807) is 0 Å². The molecule has 0 bridgehead atoms. The predicted octanol–water partition coefficient (Wildman–Crippen LogP) is 4.90. The molecule has 1 rings (SSSR count). The van der Waals surface area contributed by atoms with Crippen molar-refractivity contribution in [3.8, 4) is 0 Å². The molecule has 0 aromatic heterocycles. The lowest BCUT2D eigenvalue weighted by atomic mass is 9.88. The molecular formula is C18H31N. The molecular weight excluding hydrogens is 230 g/mol. The summed E-state index contributed by atoms with van der Waals surface area (Å²) in [6, 6.07) is 9.16. The lowest BCUT2D eigenvalue weighted by Gasteiger charge is -2.19. The topological polar surface area (TPSA) is 3.24 Å². The number of benzene rings is 1. The molecule has 0 N–H and O–H groups in total. The Balaban J connectivity index is 2.43. The van der Waals surface area contributed by atoms with Crippen LogP contribution in [0.15, 0.2) is 24.3 Å². The van der Waals surface area contributed by atoms with Gasteiger partial charge in [-0.2, -0.15) is 0 Å². The van der Waals surface area contributed by atoms with Gasteiger partial charge in [0.1, 0.15) is 0 Å². The minimum atomic E-state index is 0.373. The normalized spacial score (nSPS) is 12.1. The minimum Gasteiger partial charge on any atom is -0.302 e. The Hall–Kier alpha value is -0.820. The van der Waals surface area contributed by atoms with Crippen LogP contribution in [0.3, 0.4) is 0 Å². The van der Waals surface area contributed by atoms with Crippen LogP contribution in [0.2, 0.25) is 0 Å². The number of nitrogens with zero attached hydrogens (tertiary/aromatic N) is 1. The van der Waals surface area contributed by atoms with Crippen molar-refractivity contribution in [1.82, 2.24) is 4.90 Å². The summed E-state index contributed by atoms with van der Waals surface area (Å²) in [6.07, 6.45) is 5.11. The lowest BCUT2D eigenvalue weighted by Crippen LogP contribution is -2.19. The summed E-state index contributed by atoms with van der Waals surface area (Å²) in [6.45, 7) is 11.4. The monoisotopic (exact) mass is 261 g/mol. The van der Waals surface area contributed by atoms with Crippen LogP contribution in [0.5, 0.6) is 0 Å². The number of unbranched alkanes of at least 4 members (excludes halogenated alkanes) is 2. The Kier molecular flexibility index (Phi) is 6.57. The quantitative estimate of drug-likeness (QED) is 0.631. The zero-order valence-corrected chi connectivity index (χ0v) is 13.5. The van der Waals surface area contributed by atoms with E-state index in [4.69, 9.17) is 0 Å². The van der Waals surface area contributed by atoms with Crippen LogP contribution in [0.4, 0.5) is 0 Å². The molecule has 0 fully saturated rings. The maximum atomic E-state index is 2.43. The third-order valence-electron chi connectivity index (χ3n) is 3.35. The molecule has 0 amide bonds. The maximum Gasteiger partial charge on any atom is 0.0230 e. The van der Waals surface area contributed by atoms with Crippen molar-refractivity contribution >= 4 is 0 Å². The van der Waals surface area contributed by atoms with Gasteiger partial charge in [-0.25, -0.2) is 0 Å². The first-order valence-corrected chi connectivity index (χ1v) is 7.67. The van der Waals surface area contributed by atoms with Gasteiger partial charge >= 0.3 is 0 Å². The molecule has 108 valence electrons. The molecule has 0 atom stereocenters. The highest BCUT2D eigenvalue weighted by Crippen LogP contribution is 2.20. The van der Waals surface area contributed by atoms with Crippen molar-refractivity contribution < 1.29 is 0 Å². The van der Waals surface area contributed by atoms with Crippen LogP contribution in [-0.2, 0) is 13.0 Å². The molecule has 1 nitrogen and oxygen atoms in total. The van der Waals surface area contributed by atoms with Crippen molar-refractivity contribution in [1.29, 1.82) is 0 Å². The highest BCUT2D eigenvalue weighted by Gasteiger charge is 2.11. The second kappa shape index (κ2) is 7.69. The summed E-state index contributed by atoms with van der Waals surface area (Å²) in [4.78, 5) is 2.43. The molecule has 1 heteroatoms. The molecule has 0 saturated carbocycles. The van der Waals surface area contributed by atoms with E-state index in [0.717, 1.165) is 13.0 Å². The van der Waals surface area contributed by atoms with E-state index in [-0.39, 0.29) is 0 Å². The van der Waals surface area contributed by atoms with Crippen LogP contribution in [0.1, 0.15) is 58.1 Å². The molecule has 19 heavy (non-hydrogen) atoms. The third kappa shape index (κ3) is 7.37. The Morgan fingerprint density at radius 1 is 0.947 bits per heavy atom. The zero-order valence-electron chi connectivity index (χ0n) is 13.5. The molecule has 0 heterocycles. The van der Waals surface area contributed by atoms with E-state index in [9.17, 15) is 0 Å². The van der Waals surface area contributed by atoms with Gasteiger partial charge in [0.05, 0.1) is 0 Å². The van der Waals surface area contributed by atoms with Crippen LogP contribution < -0.4 is 0 Å². The van der Waals surface area contributed by atoms with Crippen LogP contribution in [0, 0.1) is 5.41 Å². The van der Waals surface area contributed by atoms with Crippen molar-refractivity contribution in [2.24, 2.45) is 5.41 Å². The van der Waals surface area contributed by atoms with Gasteiger partial charge in [0.25, 0.3) is 0 Å². The van der Waals surface area contributed by atoms with Gasteiger partial charge in [0.2, 0.25) is 0 Å². The SMILES string of the molecule is CCCCCN(C)Cc1ccc(CC(C)(C)C)cc1. The van der Waals surface area contributed by atoms with E-state index in [2.05, 4.69) is 63.9 Å². The molecule has 0 aliphatic rings. The maximum absolute atomic E-state index is 2.43. The molecule has 0 aliphatic carbocycles. The second-order valence-corrected chi connectivity index (χ2v) is 7.00. The average Bonchev–Trinajstić information content (AvgIpc) is 2.30. The Labute approximate surface area is 120 Å². The summed E-state index contributed by atoms with van der Waals surface area (Å²) in [7, 11) is 2.22. The summed E-state index contributed by atoms with van der Waals surface area (Å²) in [5, 5.41) is 0. The summed E-state index contributed by atoms with van der Waals surface area (Å²) in [5.74, 6) is 0. The second-order valence-electron chi connectivity index (χ2n) is 7.00. The number of hydrogen-bond acceptors (Lipinski definition) is 1. The molecule has 0 radical (unpaired) electrons. The van der Waals surface area contributed by atoms with Crippen LogP contribution in [-0.4, -0.2) is 18.5 Å². The largest absolute Gasteiger partial charge is 0.302 e. The number of rotatable bonds is 7. The summed E-state index contributed by atoms with van der Waals surface area (Å²) in [5.41, 5.74) is 3.25. The van der Waals surface area contributed by atoms with Gasteiger partial charge < -0.3 is 4.90 Å². The first-order chi connectivity index (χ1) is 8.90. The van der Waals surface area contributed by atoms with Crippen LogP contribution in [0.25, 0.3) is 0 Å². The Bertz CT molecular complexity index is 345. The fourth-order valence-corrected chi connectivity index (χ4v) is 2.40. The smallest absolute Gasteiger partial charge is 0.0230 e. The zero-order chi connectivity index (χ0) is 14.3. The van der Waals surface area contributed by atoms with Gasteiger partial charge in [-0.05, 0) is 43.0 Å². The van der Waals surface area contributed by atoms with Crippen molar-refractivity contribution in [2.75, 3.05) is 13.6 Å². The van der Waals surface area contributed by atoms with Gasteiger partial charge in [0.15, 0.2) is 0 Å². The molecule has 0 spiro atoms. The highest BCUT2D eigenvalue weighted by molar-refractivity contribution is 5.23. The minimum absolute atomic E-state index is 0.373. The van der Waals surface area contributed by atoms with E-state index < -0.39 is 0 Å². The number of hydrogen-bond donors (Lipinski definition) is 0. The predicted molar refractivity (Wildman–Crippen MR) is 85.5 cm³/mol. The summed E-state index contributed by atoms with van der Waals surface area (Å²) < 4.78 is 0. The Morgan fingerprint density at radius 3 is 2.05 bits per heavy atom. The molecule has 1 aromatic rings. The molecule has 0 aliphatic heterocycles. The van der Waals surface area contributed by atoms with E-state index in [1.807, 2.05) is 0 Å². The Morgan fingerprint density at radius 2 is 1.53 bits per heavy atom. The van der Waals surface area contributed by atoms with Gasteiger partial charge in [-0.15, -0.1) is 0 Å². The fraction of sp³-hybridized carbons (Fsp3) is 0.667. The molecule has 1 aromatic carbocycles. The lowest BCUT2D eigenvalue weighted by molar-refractivity contribution is 0.318. The van der Waals surface area contributed by atoms with Gasteiger partial charge in [0, 0.05) is 6.54 Å². The fourth-order valence-electron chi connectivity index (χ4n) is 2.40. The van der Waals surface area contributed by atoms with Gasteiger partial charge in [-0.1, -0.05) is 64.8 Å². The van der Waals surface area contributed by atoms with Crippen molar-refractivity contribution in [3.63, 3.8) is 0 Å².